The zero-order valence-electron chi connectivity index (χ0n) is 6.95. The molecule has 0 aliphatic carbocycles. The van der Waals surface area contributed by atoms with Gasteiger partial charge in [0.1, 0.15) is 0 Å². The van der Waals surface area contributed by atoms with E-state index >= 15 is 0 Å². The predicted molar refractivity (Wildman–Crippen MR) is 64.8 cm³/mol. The van der Waals surface area contributed by atoms with Gasteiger partial charge in [0.2, 0.25) is 0 Å². The van der Waals surface area contributed by atoms with Gasteiger partial charge in [0.05, 0.1) is 0 Å². The Morgan fingerprint density at radius 2 is 1.85 bits per heavy atom. The SMILES string of the molecule is Cl.Cl.Cl.Nc1ccc2c(c1)CCN2. The Kier molecular flexibility index (Phi) is 7.23. The first-order valence-electron chi connectivity index (χ1n) is 3.48. The molecule has 0 saturated heterocycles. The van der Waals surface area contributed by atoms with Gasteiger partial charge in [0.15, 0.2) is 0 Å². The predicted octanol–water partition coefficient (Wildman–Crippen LogP) is 2.50. The fraction of sp³-hybridized carbons (Fsp3) is 0.250. The minimum atomic E-state index is 0. The summed E-state index contributed by atoms with van der Waals surface area (Å²) in [6, 6.07) is 6.00. The van der Waals surface area contributed by atoms with E-state index in [2.05, 4.69) is 5.32 Å². The number of hydrogen-bond acceptors (Lipinski definition) is 2. The van der Waals surface area contributed by atoms with Crippen molar-refractivity contribution in [3.63, 3.8) is 0 Å². The highest BCUT2D eigenvalue weighted by atomic mass is 35.5. The van der Waals surface area contributed by atoms with Gasteiger partial charge in [-0.2, -0.15) is 0 Å². The summed E-state index contributed by atoms with van der Waals surface area (Å²) in [5, 5.41) is 3.27. The first kappa shape index (κ1) is 15.2. The smallest absolute Gasteiger partial charge is 0.0375 e. The van der Waals surface area contributed by atoms with Crippen LogP contribution in [0.15, 0.2) is 18.2 Å². The molecular weight excluding hydrogens is 230 g/mol. The van der Waals surface area contributed by atoms with Gasteiger partial charge in [-0.1, -0.05) is 0 Å². The lowest BCUT2D eigenvalue weighted by atomic mass is 10.1. The topological polar surface area (TPSA) is 38.0 Å². The average molecular weight is 244 g/mol. The Balaban J connectivity index is 0. The molecule has 2 nitrogen and oxygen atoms in total. The maximum atomic E-state index is 5.60. The third-order valence-corrected chi connectivity index (χ3v) is 1.84. The number of hydrogen-bond donors (Lipinski definition) is 2. The van der Waals surface area contributed by atoms with E-state index in [0.29, 0.717) is 0 Å². The lowest BCUT2D eigenvalue weighted by Crippen LogP contribution is -1.90. The second-order valence-corrected chi connectivity index (χ2v) is 2.59. The van der Waals surface area contributed by atoms with Crippen LogP contribution in [0.1, 0.15) is 5.56 Å². The monoisotopic (exact) mass is 242 g/mol. The Hall–Kier alpha value is -0.310. The number of anilines is 2. The van der Waals surface area contributed by atoms with Crippen molar-refractivity contribution in [2.24, 2.45) is 0 Å². The number of nitrogen functional groups attached to an aromatic ring is 1. The highest BCUT2D eigenvalue weighted by Gasteiger charge is 2.07. The van der Waals surface area contributed by atoms with Gasteiger partial charge < -0.3 is 11.1 Å². The molecule has 1 aliphatic heterocycles. The van der Waals surface area contributed by atoms with Gasteiger partial charge >= 0.3 is 0 Å². The maximum absolute atomic E-state index is 5.60. The number of nitrogens with two attached hydrogens (primary N) is 1. The van der Waals surface area contributed by atoms with Gasteiger partial charge in [-0.25, -0.2) is 0 Å². The van der Waals surface area contributed by atoms with Crippen LogP contribution in [0.3, 0.4) is 0 Å². The van der Waals surface area contributed by atoms with Crippen molar-refractivity contribution in [2.75, 3.05) is 17.6 Å². The zero-order valence-corrected chi connectivity index (χ0v) is 9.40. The van der Waals surface area contributed by atoms with Gasteiger partial charge in [-0.05, 0) is 30.2 Å². The lowest BCUT2D eigenvalue weighted by Gasteiger charge is -1.98. The molecule has 1 heterocycles. The highest BCUT2D eigenvalue weighted by Crippen LogP contribution is 2.23. The van der Waals surface area contributed by atoms with Crippen LogP contribution in [0, 0.1) is 0 Å². The lowest BCUT2D eigenvalue weighted by molar-refractivity contribution is 1.11. The number of halogens is 3. The summed E-state index contributed by atoms with van der Waals surface area (Å²) in [4.78, 5) is 0. The number of fused-ring (bicyclic) bond motifs is 1. The third-order valence-electron chi connectivity index (χ3n) is 1.84. The standard InChI is InChI=1S/C8H10N2.3ClH/c9-7-1-2-8-6(5-7)3-4-10-8;;;/h1-2,5,10H,3-4,9H2;3*1H. The summed E-state index contributed by atoms with van der Waals surface area (Å²) in [5.41, 5.74) is 9.06. The first-order chi connectivity index (χ1) is 4.86. The number of benzene rings is 1. The Bertz CT molecular complexity index is 266. The van der Waals surface area contributed by atoms with Crippen LogP contribution in [0.5, 0.6) is 0 Å². The molecule has 76 valence electrons. The van der Waals surface area contributed by atoms with Gasteiger partial charge in [0.25, 0.3) is 0 Å². The average Bonchev–Trinajstić information content (AvgIpc) is 2.33. The van der Waals surface area contributed by atoms with E-state index in [1.807, 2.05) is 18.2 Å². The second kappa shape index (κ2) is 6.19. The van der Waals surface area contributed by atoms with Crippen molar-refractivity contribution in [2.45, 2.75) is 6.42 Å². The number of rotatable bonds is 0. The van der Waals surface area contributed by atoms with E-state index in [9.17, 15) is 0 Å². The van der Waals surface area contributed by atoms with E-state index in [1.165, 1.54) is 11.3 Å². The first-order valence-corrected chi connectivity index (χ1v) is 3.48. The Morgan fingerprint density at radius 3 is 2.54 bits per heavy atom. The summed E-state index contributed by atoms with van der Waals surface area (Å²) >= 11 is 0. The fourth-order valence-corrected chi connectivity index (χ4v) is 1.32. The molecule has 3 N–H and O–H groups in total. The summed E-state index contributed by atoms with van der Waals surface area (Å²) in [6.07, 6.45) is 1.11. The van der Waals surface area contributed by atoms with Crippen LogP contribution < -0.4 is 11.1 Å². The minimum absolute atomic E-state index is 0. The van der Waals surface area contributed by atoms with Crippen molar-refractivity contribution in [1.29, 1.82) is 0 Å². The molecule has 2 rings (SSSR count). The maximum Gasteiger partial charge on any atom is 0.0375 e. The molecule has 1 aliphatic rings. The Labute approximate surface area is 96.5 Å². The van der Waals surface area contributed by atoms with E-state index in [4.69, 9.17) is 5.73 Å². The summed E-state index contributed by atoms with van der Waals surface area (Å²) in [7, 11) is 0. The summed E-state index contributed by atoms with van der Waals surface area (Å²) < 4.78 is 0. The van der Waals surface area contributed by atoms with E-state index < -0.39 is 0 Å². The van der Waals surface area contributed by atoms with Gasteiger partial charge in [-0.3, -0.25) is 0 Å². The van der Waals surface area contributed by atoms with E-state index in [1.54, 1.807) is 0 Å². The highest BCUT2D eigenvalue weighted by molar-refractivity contribution is 5.86. The van der Waals surface area contributed by atoms with Crippen molar-refractivity contribution in [1.82, 2.24) is 0 Å². The molecule has 13 heavy (non-hydrogen) atoms. The van der Waals surface area contributed by atoms with Gasteiger partial charge in [-0.15, -0.1) is 37.2 Å². The van der Waals surface area contributed by atoms with Crippen LogP contribution in [0.4, 0.5) is 11.4 Å². The molecule has 1 aromatic rings. The molecule has 0 radical (unpaired) electrons. The van der Waals surface area contributed by atoms with Gasteiger partial charge in [0, 0.05) is 17.9 Å². The van der Waals surface area contributed by atoms with Crippen LogP contribution >= 0.6 is 37.2 Å². The molecule has 1 aromatic carbocycles. The largest absolute Gasteiger partial charge is 0.399 e. The molecule has 0 spiro atoms. The molecular formula is C8H13Cl3N2. The van der Waals surface area contributed by atoms with Crippen molar-refractivity contribution >= 4 is 48.6 Å². The summed E-state index contributed by atoms with van der Waals surface area (Å²) in [6.45, 7) is 1.05. The zero-order chi connectivity index (χ0) is 6.97. The molecule has 0 saturated carbocycles. The molecule has 0 atom stereocenters. The van der Waals surface area contributed by atoms with Crippen LogP contribution in [-0.2, 0) is 6.42 Å². The molecule has 0 unspecified atom stereocenters. The van der Waals surface area contributed by atoms with Crippen LogP contribution in [-0.4, -0.2) is 6.54 Å². The van der Waals surface area contributed by atoms with Crippen molar-refractivity contribution in [3.05, 3.63) is 23.8 Å². The van der Waals surface area contributed by atoms with E-state index in [0.717, 1.165) is 18.7 Å². The second-order valence-electron chi connectivity index (χ2n) is 2.59. The Morgan fingerprint density at radius 1 is 1.15 bits per heavy atom. The quantitative estimate of drug-likeness (QED) is 0.687. The van der Waals surface area contributed by atoms with E-state index in [-0.39, 0.29) is 37.2 Å². The molecule has 0 amide bonds. The van der Waals surface area contributed by atoms with Crippen LogP contribution in [0.25, 0.3) is 0 Å². The minimum Gasteiger partial charge on any atom is -0.399 e. The van der Waals surface area contributed by atoms with Crippen molar-refractivity contribution < 1.29 is 0 Å². The number of nitrogens with one attached hydrogen (secondary N) is 1. The molecule has 0 fully saturated rings. The third kappa shape index (κ3) is 3.14. The molecule has 0 bridgehead atoms. The molecule has 5 heteroatoms. The summed E-state index contributed by atoms with van der Waals surface area (Å²) in [5.74, 6) is 0. The van der Waals surface area contributed by atoms with Crippen molar-refractivity contribution in [3.8, 4) is 0 Å². The fourth-order valence-electron chi connectivity index (χ4n) is 1.32. The normalized spacial score (nSPS) is 11.1. The molecule has 0 aromatic heterocycles. The van der Waals surface area contributed by atoms with Crippen LogP contribution in [0.2, 0.25) is 0 Å².